The van der Waals surface area contributed by atoms with Gasteiger partial charge in [0.25, 0.3) is 0 Å². The first-order valence-electron chi connectivity index (χ1n) is 6.80. The van der Waals surface area contributed by atoms with Crippen LogP contribution in [0.1, 0.15) is 40.7 Å². The Hall–Kier alpha value is -2.17. The average molecular weight is 310 g/mol. The van der Waals surface area contributed by atoms with E-state index in [9.17, 15) is 22.4 Å². The van der Waals surface area contributed by atoms with Gasteiger partial charge in [0, 0.05) is 11.5 Å². The highest BCUT2D eigenvalue weighted by molar-refractivity contribution is 6.01. The van der Waals surface area contributed by atoms with E-state index in [0.717, 1.165) is 11.6 Å². The van der Waals surface area contributed by atoms with Gasteiger partial charge < -0.3 is 0 Å². The molecule has 0 N–H and O–H groups in total. The second-order valence-corrected chi connectivity index (χ2v) is 4.93. The summed E-state index contributed by atoms with van der Waals surface area (Å²) in [5, 5.41) is 0. The Morgan fingerprint density at radius 3 is 2.27 bits per heavy atom. The summed E-state index contributed by atoms with van der Waals surface area (Å²) in [6.45, 7) is 1.78. The molecule has 1 atom stereocenters. The van der Waals surface area contributed by atoms with Crippen molar-refractivity contribution in [2.24, 2.45) is 0 Å². The Kier molecular flexibility index (Phi) is 4.64. The Labute approximate surface area is 125 Å². The first kappa shape index (κ1) is 16.2. The third-order valence-corrected chi connectivity index (χ3v) is 3.48. The maximum absolute atomic E-state index is 13.3. The topological polar surface area (TPSA) is 17.1 Å². The zero-order valence-corrected chi connectivity index (χ0v) is 11.8. The van der Waals surface area contributed by atoms with Crippen LogP contribution < -0.4 is 0 Å². The number of rotatable bonds is 4. The fourth-order valence-electron chi connectivity index (χ4n) is 2.35. The quantitative estimate of drug-likeness (QED) is 0.559. The summed E-state index contributed by atoms with van der Waals surface area (Å²) in [4.78, 5) is 12.5. The van der Waals surface area contributed by atoms with Crippen LogP contribution in [-0.2, 0) is 6.18 Å². The molecule has 116 valence electrons. The first-order valence-corrected chi connectivity index (χ1v) is 6.80. The van der Waals surface area contributed by atoms with E-state index in [1.54, 1.807) is 37.3 Å². The molecule has 2 aromatic carbocycles. The molecule has 0 aromatic heterocycles. The van der Waals surface area contributed by atoms with Gasteiger partial charge in [-0.25, -0.2) is 4.39 Å². The first-order chi connectivity index (χ1) is 10.3. The summed E-state index contributed by atoms with van der Waals surface area (Å²) < 4.78 is 51.5. The summed E-state index contributed by atoms with van der Waals surface area (Å²) in [5.74, 6) is -2.37. The van der Waals surface area contributed by atoms with Crippen LogP contribution in [0.2, 0.25) is 0 Å². The average Bonchev–Trinajstić information content (AvgIpc) is 2.48. The SMILES string of the molecule is CCC(C(=O)c1ccc(F)c(C(F)(F)F)c1)c1ccccc1. The Morgan fingerprint density at radius 2 is 1.73 bits per heavy atom. The molecule has 2 rings (SSSR count). The molecule has 1 unspecified atom stereocenters. The molecule has 0 spiro atoms. The lowest BCUT2D eigenvalue weighted by Gasteiger charge is -2.16. The number of halogens is 4. The maximum Gasteiger partial charge on any atom is 0.419 e. The fraction of sp³-hybridized carbons (Fsp3) is 0.235. The molecule has 0 aliphatic rings. The number of ketones is 1. The number of alkyl halides is 3. The number of hydrogen-bond donors (Lipinski definition) is 0. The van der Waals surface area contributed by atoms with Gasteiger partial charge in [-0.2, -0.15) is 13.2 Å². The minimum atomic E-state index is -4.82. The standard InChI is InChI=1S/C17H14F4O/c1-2-13(11-6-4-3-5-7-11)16(22)12-8-9-15(18)14(10-12)17(19,20)21/h3-10,13H,2H2,1H3. The zero-order chi connectivity index (χ0) is 16.3. The lowest BCUT2D eigenvalue weighted by Crippen LogP contribution is -2.15. The monoisotopic (exact) mass is 310 g/mol. The molecule has 0 radical (unpaired) electrons. The highest BCUT2D eigenvalue weighted by Crippen LogP contribution is 2.33. The van der Waals surface area contributed by atoms with Gasteiger partial charge in [-0.15, -0.1) is 0 Å². The molecule has 0 bridgehead atoms. The molecular weight excluding hydrogens is 296 g/mol. The van der Waals surface area contributed by atoms with Gasteiger partial charge in [0.1, 0.15) is 5.82 Å². The van der Waals surface area contributed by atoms with Gasteiger partial charge >= 0.3 is 6.18 Å². The van der Waals surface area contributed by atoms with Gasteiger partial charge in [0.15, 0.2) is 5.78 Å². The Bertz CT molecular complexity index is 662. The van der Waals surface area contributed by atoms with Crippen molar-refractivity contribution in [3.05, 3.63) is 71.0 Å². The normalized spacial score (nSPS) is 13.0. The van der Waals surface area contributed by atoms with Crippen molar-refractivity contribution < 1.29 is 22.4 Å². The second-order valence-electron chi connectivity index (χ2n) is 4.93. The number of hydrogen-bond acceptors (Lipinski definition) is 1. The van der Waals surface area contributed by atoms with Crippen molar-refractivity contribution in [2.45, 2.75) is 25.4 Å². The molecular formula is C17H14F4O. The highest BCUT2D eigenvalue weighted by Gasteiger charge is 2.35. The van der Waals surface area contributed by atoms with E-state index >= 15 is 0 Å². The number of carbonyl (C=O) groups excluding carboxylic acids is 1. The van der Waals surface area contributed by atoms with Crippen LogP contribution in [0, 0.1) is 5.82 Å². The smallest absolute Gasteiger partial charge is 0.293 e. The van der Waals surface area contributed by atoms with Gasteiger partial charge in [0.05, 0.1) is 5.56 Å². The maximum atomic E-state index is 13.3. The molecule has 2 aromatic rings. The van der Waals surface area contributed by atoms with Crippen molar-refractivity contribution >= 4 is 5.78 Å². The zero-order valence-electron chi connectivity index (χ0n) is 11.8. The van der Waals surface area contributed by atoms with Crippen LogP contribution in [0.3, 0.4) is 0 Å². The summed E-state index contributed by atoms with van der Waals surface area (Å²) in [6.07, 6.45) is -4.38. The van der Waals surface area contributed by atoms with E-state index in [1.807, 2.05) is 0 Å². The number of carbonyl (C=O) groups is 1. The number of benzene rings is 2. The molecule has 0 aliphatic heterocycles. The lowest BCUT2D eigenvalue weighted by atomic mass is 9.88. The second kappa shape index (κ2) is 6.30. The van der Waals surface area contributed by atoms with Gasteiger partial charge in [0.2, 0.25) is 0 Å². The van der Waals surface area contributed by atoms with Crippen LogP contribution in [0.15, 0.2) is 48.5 Å². The largest absolute Gasteiger partial charge is 0.419 e. The van der Waals surface area contributed by atoms with Crippen LogP contribution in [0.25, 0.3) is 0 Å². The van der Waals surface area contributed by atoms with E-state index in [-0.39, 0.29) is 5.56 Å². The van der Waals surface area contributed by atoms with E-state index in [0.29, 0.717) is 18.6 Å². The summed E-state index contributed by atoms with van der Waals surface area (Å²) in [7, 11) is 0. The summed E-state index contributed by atoms with van der Waals surface area (Å²) in [5.41, 5.74) is -0.821. The molecule has 0 aliphatic carbocycles. The molecule has 1 nitrogen and oxygen atoms in total. The van der Waals surface area contributed by atoms with Crippen molar-refractivity contribution in [1.29, 1.82) is 0 Å². The molecule has 0 saturated heterocycles. The summed E-state index contributed by atoms with van der Waals surface area (Å²) >= 11 is 0. The van der Waals surface area contributed by atoms with E-state index in [2.05, 4.69) is 0 Å². The predicted octanol–water partition coefficient (Wildman–Crippen LogP) is 5.22. The highest BCUT2D eigenvalue weighted by atomic mass is 19.4. The number of Topliss-reactive ketones (excluding diaryl/α,β-unsaturated/α-hetero) is 1. The molecule has 0 amide bonds. The van der Waals surface area contributed by atoms with Crippen LogP contribution >= 0.6 is 0 Å². The van der Waals surface area contributed by atoms with Gasteiger partial charge in [-0.1, -0.05) is 37.3 Å². The molecule has 22 heavy (non-hydrogen) atoms. The lowest BCUT2D eigenvalue weighted by molar-refractivity contribution is -0.140. The Morgan fingerprint density at radius 1 is 1.09 bits per heavy atom. The van der Waals surface area contributed by atoms with Crippen molar-refractivity contribution in [3.63, 3.8) is 0 Å². The van der Waals surface area contributed by atoms with E-state index in [1.165, 1.54) is 0 Å². The fourth-order valence-corrected chi connectivity index (χ4v) is 2.35. The molecule has 0 saturated carbocycles. The van der Waals surface area contributed by atoms with Crippen LogP contribution in [0.5, 0.6) is 0 Å². The van der Waals surface area contributed by atoms with Gasteiger partial charge in [-0.05, 0) is 30.2 Å². The van der Waals surface area contributed by atoms with E-state index in [4.69, 9.17) is 0 Å². The summed E-state index contributed by atoms with van der Waals surface area (Å²) in [6, 6.07) is 11.2. The van der Waals surface area contributed by atoms with Crippen molar-refractivity contribution in [1.82, 2.24) is 0 Å². The van der Waals surface area contributed by atoms with Crippen molar-refractivity contribution in [2.75, 3.05) is 0 Å². The van der Waals surface area contributed by atoms with Crippen LogP contribution in [-0.4, -0.2) is 5.78 Å². The van der Waals surface area contributed by atoms with Crippen LogP contribution in [0.4, 0.5) is 17.6 Å². The van der Waals surface area contributed by atoms with Crippen molar-refractivity contribution in [3.8, 4) is 0 Å². The minimum Gasteiger partial charge on any atom is -0.293 e. The Balaban J connectivity index is 2.41. The molecule has 0 heterocycles. The van der Waals surface area contributed by atoms with E-state index < -0.39 is 29.3 Å². The minimum absolute atomic E-state index is 0.135. The van der Waals surface area contributed by atoms with Gasteiger partial charge in [-0.3, -0.25) is 4.79 Å². The third kappa shape index (κ3) is 3.35. The molecule has 5 heteroatoms. The molecule has 0 fully saturated rings. The third-order valence-electron chi connectivity index (χ3n) is 3.48. The predicted molar refractivity (Wildman–Crippen MR) is 75.2 cm³/mol.